The number of thiophene rings is 1. The minimum Gasteiger partial charge on any atom is -0.462 e. The van der Waals surface area contributed by atoms with Gasteiger partial charge in [-0.1, -0.05) is 11.8 Å². The molecule has 146 valence electrons. The SMILES string of the molecule is CCOC(=O)c1sc(NC(=O)CSc2nncn2C)c(C(=O)OCC)c1C. The molecule has 27 heavy (non-hydrogen) atoms. The second kappa shape index (κ2) is 9.51. The third-order valence-electron chi connectivity index (χ3n) is 3.34. The van der Waals surface area contributed by atoms with Crippen molar-refractivity contribution in [1.29, 1.82) is 0 Å². The molecule has 9 nitrogen and oxygen atoms in total. The summed E-state index contributed by atoms with van der Waals surface area (Å²) >= 11 is 2.20. The summed E-state index contributed by atoms with van der Waals surface area (Å²) in [6.07, 6.45) is 1.54. The molecule has 0 saturated carbocycles. The van der Waals surface area contributed by atoms with E-state index in [0.717, 1.165) is 11.3 Å². The number of ether oxygens (including phenoxy) is 2. The molecule has 0 atom stereocenters. The van der Waals surface area contributed by atoms with Gasteiger partial charge in [-0.3, -0.25) is 4.79 Å². The van der Waals surface area contributed by atoms with Crippen LogP contribution in [0.3, 0.4) is 0 Å². The number of amides is 1. The number of carbonyl (C=O) groups excluding carboxylic acids is 3. The molecule has 0 fully saturated rings. The number of hydrogen-bond donors (Lipinski definition) is 1. The second-order valence-corrected chi connectivity index (χ2v) is 7.23. The Morgan fingerprint density at radius 1 is 1.22 bits per heavy atom. The molecule has 0 aromatic carbocycles. The van der Waals surface area contributed by atoms with Crippen molar-refractivity contribution >= 4 is 45.9 Å². The highest BCUT2D eigenvalue weighted by Crippen LogP contribution is 2.34. The van der Waals surface area contributed by atoms with Gasteiger partial charge in [-0.2, -0.15) is 0 Å². The number of nitrogens with zero attached hydrogens (tertiary/aromatic N) is 3. The third kappa shape index (κ3) is 5.07. The number of carbonyl (C=O) groups is 3. The normalized spacial score (nSPS) is 10.5. The summed E-state index contributed by atoms with van der Waals surface area (Å²) < 4.78 is 11.8. The van der Waals surface area contributed by atoms with Gasteiger partial charge < -0.3 is 19.4 Å². The van der Waals surface area contributed by atoms with Gasteiger partial charge in [0, 0.05) is 7.05 Å². The molecular formula is C16H20N4O5S2. The molecule has 11 heteroatoms. The highest BCUT2D eigenvalue weighted by atomic mass is 32.2. The van der Waals surface area contributed by atoms with E-state index in [0.29, 0.717) is 10.7 Å². The van der Waals surface area contributed by atoms with Crippen molar-refractivity contribution < 1.29 is 23.9 Å². The van der Waals surface area contributed by atoms with Crippen LogP contribution in [0.2, 0.25) is 0 Å². The summed E-state index contributed by atoms with van der Waals surface area (Å²) in [5.41, 5.74) is 0.593. The number of anilines is 1. The average Bonchev–Trinajstić information content (AvgIpc) is 3.16. The lowest BCUT2D eigenvalue weighted by Crippen LogP contribution is -2.16. The van der Waals surface area contributed by atoms with Gasteiger partial charge >= 0.3 is 11.9 Å². The summed E-state index contributed by atoms with van der Waals surface area (Å²) in [7, 11) is 1.77. The number of thioether (sulfide) groups is 1. The smallest absolute Gasteiger partial charge is 0.348 e. The largest absolute Gasteiger partial charge is 0.462 e. The topological polar surface area (TPSA) is 112 Å². The molecule has 0 bridgehead atoms. The van der Waals surface area contributed by atoms with E-state index >= 15 is 0 Å². The van der Waals surface area contributed by atoms with Crippen LogP contribution in [0.4, 0.5) is 5.00 Å². The van der Waals surface area contributed by atoms with E-state index in [2.05, 4.69) is 15.5 Å². The molecule has 1 N–H and O–H groups in total. The molecule has 0 aliphatic carbocycles. The van der Waals surface area contributed by atoms with Crippen LogP contribution in [-0.2, 0) is 21.3 Å². The van der Waals surface area contributed by atoms with E-state index in [1.807, 2.05) is 0 Å². The van der Waals surface area contributed by atoms with Crippen LogP contribution in [0.1, 0.15) is 39.4 Å². The molecule has 1 amide bonds. The molecular weight excluding hydrogens is 392 g/mol. The number of nitrogens with one attached hydrogen (secondary N) is 1. The molecule has 0 spiro atoms. The molecule has 2 aromatic heterocycles. The Bertz CT molecular complexity index is 846. The van der Waals surface area contributed by atoms with Crippen molar-refractivity contribution in [2.75, 3.05) is 24.3 Å². The van der Waals surface area contributed by atoms with Gasteiger partial charge in [-0.25, -0.2) is 9.59 Å². The zero-order chi connectivity index (χ0) is 20.0. The number of aryl methyl sites for hydroxylation is 1. The van der Waals surface area contributed by atoms with Crippen molar-refractivity contribution in [3.8, 4) is 0 Å². The number of esters is 2. The number of aromatic nitrogens is 3. The molecule has 2 aromatic rings. The maximum absolute atomic E-state index is 12.3. The molecule has 2 heterocycles. The van der Waals surface area contributed by atoms with Crippen molar-refractivity contribution in [3.63, 3.8) is 0 Å². The first-order valence-corrected chi connectivity index (χ1v) is 9.93. The Labute approximate surface area is 164 Å². The first-order chi connectivity index (χ1) is 12.9. The first kappa shape index (κ1) is 20.9. The standard InChI is InChI=1S/C16H20N4O5S2/c1-5-24-14(22)11-9(3)12(15(23)25-6-2)27-13(11)18-10(21)7-26-16-19-17-8-20(16)4/h8H,5-7H2,1-4H3,(H,18,21). The monoisotopic (exact) mass is 412 g/mol. The zero-order valence-corrected chi connectivity index (χ0v) is 17.0. The summed E-state index contributed by atoms with van der Waals surface area (Å²) in [6, 6.07) is 0. The molecule has 0 unspecified atom stereocenters. The lowest BCUT2D eigenvalue weighted by atomic mass is 10.1. The maximum atomic E-state index is 12.3. The van der Waals surface area contributed by atoms with Crippen LogP contribution in [0.5, 0.6) is 0 Å². The minimum absolute atomic E-state index is 0.0699. The van der Waals surface area contributed by atoms with E-state index in [1.165, 1.54) is 18.1 Å². The van der Waals surface area contributed by atoms with Crippen molar-refractivity contribution in [2.24, 2.45) is 7.05 Å². The highest BCUT2D eigenvalue weighted by Gasteiger charge is 2.27. The molecule has 2 rings (SSSR count). The Morgan fingerprint density at radius 3 is 2.48 bits per heavy atom. The van der Waals surface area contributed by atoms with Gasteiger partial charge in [0.25, 0.3) is 0 Å². The van der Waals surface area contributed by atoms with Gasteiger partial charge in [0.05, 0.1) is 24.5 Å². The summed E-state index contributed by atoms with van der Waals surface area (Å²) in [4.78, 5) is 37.0. The van der Waals surface area contributed by atoms with Gasteiger partial charge in [0.15, 0.2) is 5.16 Å². The quantitative estimate of drug-likeness (QED) is 0.519. The molecule has 0 aliphatic heterocycles. The van der Waals surface area contributed by atoms with Gasteiger partial charge in [-0.15, -0.1) is 21.5 Å². The number of rotatable bonds is 8. The van der Waals surface area contributed by atoms with Crippen LogP contribution in [0, 0.1) is 6.92 Å². The highest BCUT2D eigenvalue weighted by molar-refractivity contribution is 7.99. The van der Waals surface area contributed by atoms with Gasteiger partial charge in [0.2, 0.25) is 5.91 Å². The Balaban J connectivity index is 2.21. The lowest BCUT2D eigenvalue weighted by molar-refractivity contribution is -0.113. The molecule has 0 aliphatic rings. The van der Waals surface area contributed by atoms with Crippen molar-refractivity contribution in [2.45, 2.75) is 25.9 Å². The summed E-state index contributed by atoms with van der Waals surface area (Å²) in [6.45, 7) is 5.39. The van der Waals surface area contributed by atoms with E-state index < -0.39 is 11.9 Å². The predicted molar refractivity (Wildman–Crippen MR) is 101 cm³/mol. The Hall–Kier alpha value is -2.40. The minimum atomic E-state index is -0.599. The van der Waals surface area contributed by atoms with E-state index in [-0.39, 0.29) is 40.3 Å². The fourth-order valence-electron chi connectivity index (χ4n) is 2.14. The molecule has 0 radical (unpaired) electrons. The van der Waals surface area contributed by atoms with Crippen molar-refractivity contribution in [1.82, 2.24) is 14.8 Å². The maximum Gasteiger partial charge on any atom is 0.348 e. The fraction of sp³-hybridized carbons (Fsp3) is 0.438. The lowest BCUT2D eigenvalue weighted by Gasteiger charge is -2.07. The van der Waals surface area contributed by atoms with E-state index in [1.54, 1.807) is 32.4 Å². The second-order valence-electron chi connectivity index (χ2n) is 5.26. The number of hydrogen-bond acceptors (Lipinski definition) is 9. The van der Waals surface area contributed by atoms with Crippen molar-refractivity contribution in [3.05, 3.63) is 22.3 Å². The average molecular weight is 412 g/mol. The third-order valence-corrected chi connectivity index (χ3v) is 5.56. The summed E-state index contributed by atoms with van der Waals surface area (Å²) in [5.74, 6) is -1.41. The van der Waals surface area contributed by atoms with E-state index in [4.69, 9.17) is 9.47 Å². The Kier molecular flexibility index (Phi) is 7.36. The zero-order valence-electron chi connectivity index (χ0n) is 15.4. The van der Waals surface area contributed by atoms with Crippen LogP contribution < -0.4 is 5.32 Å². The van der Waals surface area contributed by atoms with Gasteiger partial charge in [-0.05, 0) is 26.3 Å². The van der Waals surface area contributed by atoms with Crippen LogP contribution in [0.15, 0.2) is 11.5 Å². The molecule has 0 saturated heterocycles. The fourth-order valence-corrected chi connectivity index (χ4v) is 3.93. The van der Waals surface area contributed by atoms with Gasteiger partial charge in [0.1, 0.15) is 16.2 Å². The van der Waals surface area contributed by atoms with E-state index in [9.17, 15) is 14.4 Å². The summed E-state index contributed by atoms with van der Waals surface area (Å²) in [5, 5.41) is 11.2. The van der Waals surface area contributed by atoms with Crippen LogP contribution in [-0.4, -0.2) is 51.6 Å². The Morgan fingerprint density at radius 2 is 1.89 bits per heavy atom. The van der Waals surface area contributed by atoms with Crippen LogP contribution >= 0.6 is 23.1 Å². The predicted octanol–water partition coefficient (Wildman–Crippen LogP) is 2.27. The van der Waals surface area contributed by atoms with Crippen LogP contribution in [0.25, 0.3) is 0 Å². The first-order valence-electron chi connectivity index (χ1n) is 8.13.